The van der Waals surface area contributed by atoms with E-state index in [4.69, 9.17) is 9.73 Å². The number of hydrogen-bond donors (Lipinski definition) is 2. The van der Waals surface area contributed by atoms with Crippen molar-refractivity contribution in [1.29, 1.82) is 0 Å². The van der Waals surface area contributed by atoms with Crippen molar-refractivity contribution >= 4 is 40.0 Å². The molecule has 2 fully saturated rings. The predicted octanol–water partition coefficient (Wildman–Crippen LogP) is 3.03. The first-order chi connectivity index (χ1) is 14.0. The van der Waals surface area contributed by atoms with Gasteiger partial charge in [-0.2, -0.15) is 0 Å². The maximum atomic E-state index is 11.9. The Kier molecular flexibility index (Phi) is 10.2. The normalized spacial score (nSPS) is 19.5. The highest BCUT2D eigenvalue weighted by Crippen LogP contribution is 2.28. The van der Waals surface area contributed by atoms with Crippen molar-refractivity contribution in [2.75, 3.05) is 31.9 Å². The molecule has 1 saturated carbocycles. The van der Waals surface area contributed by atoms with Gasteiger partial charge >= 0.3 is 0 Å². The summed E-state index contributed by atoms with van der Waals surface area (Å²) in [7, 11) is -3.06. The molecular weight excluding hydrogens is 515 g/mol. The summed E-state index contributed by atoms with van der Waals surface area (Å²) >= 11 is 0. The maximum absolute atomic E-state index is 11.9. The SMILES string of the molecule is CCNC(=NCc1ccc(C)cc1OC1CCCC1)NCCN1CCCS1(=O)=O.I. The summed E-state index contributed by atoms with van der Waals surface area (Å²) in [6.45, 7) is 6.96. The zero-order valence-corrected chi connectivity index (χ0v) is 21.2. The second-order valence-electron chi connectivity index (χ2n) is 7.83. The quantitative estimate of drug-likeness (QED) is 0.296. The van der Waals surface area contributed by atoms with Gasteiger partial charge in [0.25, 0.3) is 0 Å². The minimum absolute atomic E-state index is 0. The number of sulfonamides is 1. The number of nitrogens with one attached hydrogen (secondary N) is 2. The van der Waals surface area contributed by atoms with E-state index in [9.17, 15) is 8.42 Å². The van der Waals surface area contributed by atoms with Gasteiger partial charge in [-0.25, -0.2) is 17.7 Å². The molecule has 170 valence electrons. The molecule has 2 aliphatic rings. The zero-order chi connectivity index (χ0) is 20.7. The largest absolute Gasteiger partial charge is 0.490 e. The van der Waals surface area contributed by atoms with Gasteiger partial charge in [-0.15, -0.1) is 24.0 Å². The molecule has 0 atom stereocenters. The minimum Gasteiger partial charge on any atom is -0.490 e. The molecule has 1 aromatic rings. The van der Waals surface area contributed by atoms with E-state index in [-0.39, 0.29) is 29.7 Å². The van der Waals surface area contributed by atoms with Gasteiger partial charge in [0.2, 0.25) is 10.0 Å². The van der Waals surface area contributed by atoms with Crippen LogP contribution in [0.4, 0.5) is 0 Å². The highest BCUT2D eigenvalue weighted by atomic mass is 127. The first-order valence-electron chi connectivity index (χ1n) is 10.7. The molecule has 1 saturated heterocycles. The van der Waals surface area contributed by atoms with Gasteiger partial charge < -0.3 is 15.4 Å². The lowest BCUT2D eigenvalue weighted by atomic mass is 10.1. The minimum atomic E-state index is -3.06. The number of halogens is 1. The van der Waals surface area contributed by atoms with Crippen molar-refractivity contribution < 1.29 is 13.2 Å². The van der Waals surface area contributed by atoms with Crippen LogP contribution in [0, 0.1) is 6.92 Å². The van der Waals surface area contributed by atoms with Gasteiger partial charge in [0, 0.05) is 31.7 Å². The third-order valence-corrected chi connectivity index (χ3v) is 7.38. The molecule has 0 bridgehead atoms. The molecule has 1 aromatic carbocycles. The van der Waals surface area contributed by atoms with Crippen molar-refractivity contribution in [1.82, 2.24) is 14.9 Å². The average molecular weight is 551 g/mol. The summed E-state index contributed by atoms with van der Waals surface area (Å²) in [6.07, 6.45) is 5.76. The Bertz CT molecular complexity index is 810. The number of rotatable bonds is 8. The van der Waals surface area contributed by atoms with Crippen molar-refractivity contribution in [3.05, 3.63) is 29.3 Å². The molecule has 3 rings (SSSR count). The Morgan fingerprint density at radius 1 is 1.23 bits per heavy atom. The van der Waals surface area contributed by atoms with E-state index in [0.29, 0.717) is 44.7 Å². The van der Waals surface area contributed by atoms with Crippen LogP contribution < -0.4 is 15.4 Å². The van der Waals surface area contributed by atoms with Crippen LogP contribution in [0.1, 0.15) is 50.2 Å². The zero-order valence-electron chi connectivity index (χ0n) is 18.0. The van der Waals surface area contributed by atoms with Crippen LogP contribution in [0.15, 0.2) is 23.2 Å². The second kappa shape index (κ2) is 12.1. The number of aliphatic imine (C=N–C) groups is 1. The monoisotopic (exact) mass is 550 g/mol. The number of aryl methyl sites for hydroxylation is 1. The van der Waals surface area contributed by atoms with Gasteiger partial charge in [0.15, 0.2) is 5.96 Å². The summed E-state index contributed by atoms with van der Waals surface area (Å²) < 4.78 is 31.7. The molecule has 1 aliphatic heterocycles. The molecule has 0 radical (unpaired) electrons. The highest BCUT2D eigenvalue weighted by Gasteiger charge is 2.27. The van der Waals surface area contributed by atoms with E-state index >= 15 is 0 Å². The third-order valence-electron chi connectivity index (χ3n) is 5.43. The summed E-state index contributed by atoms with van der Waals surface area (Å²) in [4.78, 5) is 4.70. The molecule has 0 amide bonds. The molecule has 9 heteroatoms. The number of nitrogens with zero attached hydrogens (tertiary/aromatic N) is 2. The summed E-state index contributed by atoms with van der Waals surface area (Å²) in [5.41, 5.74) is 2.25. The lowest BCUT2D eigenvalue weighted by Gasteiger charge is -2.18. The van der Waals surface area contributed by atoms with Gasteiger partial charge in [-0.3, -0.25) is 0 Å². The van der Waals surface area contributed by atoms with Crippen LogP contribution in [0.3, 0.4) is 0 Å². The topological polar surface area (TPSA) is 83.0 Å². The number of guanidine groups is 1. The van der Waals surface area contributed by atoms with Crippen LogP contribution in [0.5, 0.6) is 5.75 Å². The number of ether oxygens (including phenoxy) is 1. The Balaban J connectivity index is 0.00000320. The van der Waals surface area contributed by atoms with Gasteiger partial charge in [0.1, 0.15) is 5.75 Å². The van der Waals surface area contributed by atoms with Crippen LogP contribution in [0.25, 0.3) is 0 Å². The molecule has 0 aromatic heterocycles. The third kappa shape index (κ3) is 7.26. The van der Waals surface area contributed by atoms with E-state index < -0.39 is 10.0 Å². The molecule has 30 heavy (non-hydrogen) atoms. The summed E-state index contributed by atoms with van der Waals surface area (Å²) in [6, 6.07) is 6.27. The number of hydrogen-bond acceptors (Lipinski definition) is 4. The Morgan fingerprint density at radius 2 is 2.00 bits per heavy atom. The van der Waals surface area contributed by atoms with E-state index in [1.54, 1.807) is 4.31 Å². The van der Waals surface area contributed by atoms with E-state index in [1.165, 1.54) is 18.4 Å². The van der Waals surface area contributed by atoms with Crippen LogP contribution in [-0.4, -0.2) is 56.7 Å². The molecule has 1 aliphatic carbocycles. The fraction of sp³-hybridized carbons (Fsp3) is 0.667. The Hall–Kier alpha value is -1.07. The molecular formula is C21H35IN4O3S. The maximum Gasteiger partial charge on any atom is 0.214 e. The van der Waals surface area contributed by atoms with Crippen molar-refractivity contribution in [2.24, 2.45) is 4.99 Å². The van der Waals surface area contributed by atoms with Gasteiger partial charge in [0.05, 0.1) is 18.4 Å². The molecule has 2 N–H and O–H groups in total. The fourth-order valence-corrected chi connectivity index (χ4v) is 5.36. The van der Waals surface area contributed by atoms with Crippen LogP contribution in [-0.2, 0) is 16.6 Å². The lowest BCUT2D eigenvalue weighted by molar-refractivity contribution is 0.208. The fourth-order valence-electron chi connectivity index (χ4n) is 3.84. The van der Waals surface area contributed by atoms with E-state index in [2.05, 4.69) is 35.8 Å². The Morgan fingerprint density at radius 3 is 2.67 bits per heavy atom. The second-order valence-corrected chi connectivity index (χ2v) is 9.91. The van der Waals surface area contributed by atoms with Crippen molar-refractivity contribution in [3.63, 3.8) is 0 Å². The average Bonchev–Trinajstić information content (AvgIpc) is 3.30. The van der Waals surface area contributed by atoms with Crippen molar-refractivity contribution in [2.45, 2.75) is 58.6 Å². The lowest BCUT2D eigenvalue weighted by Crippen LogP contribution is -2.42. The Labute approximate surface area is 198 Å². The first kappa shape index (κ1) is 25.2. The molecule has 0 spiro atoms. The standard InChI is InChI=1S/C21H34N4O3S.HI/c1-3-22-21(23-11-13-25-12-6-14-29(25,26)27)24-16-18-10-9-17(2)15-20(18)28-19-7-4-5-8-19;/h9-10,15,19H,3-8,11-14,16H2,1-2H3,(H2,22,23,24);1H. The van der Waals surface area contributed by atoms with Gasteiger partial charge in [-0.05, 0) is 57.6 Å². The summed E-state index contributed by atoms with van der Waals surface area (Å²) in [5.74, 6) is 1.88. The van der Waals surface area contributed by atoms with Crippen LogP contribution >= 0.6 is 24.0 Å². The number of benzene rings is 1. The molecule has 0 unspecified atom stereocenters. The highest BCUT2D eigenvalue weighted by molar-refractivity contribution is 14.0. The smallest absolute Gasteiger partial charge is 0.214 e. The molecule has 1 heterocycles. The predicted molar refractivity (Wildman–Crippen MR) is 132 cm³/mol. The van der Waals surface area contributed by atoms with Gasteiger partial charge in [-0.1, -0.05) is 12.1 Å². The first-order valence-corrected chi connectivity index (χ1v) is 12.3. The molecule has 7 nitrogen and oxygen atoms in total. The van der Waals surface area contributed by atoms with Crippen molar-refractivity contribution in [3.8, 4) is 5.75 Å². The summed E-state index contributed by atoms with van der Waals surface area (Å²) in [5, 5.41) is 6.48. The van der Waals surface area contributed by atoms with E-state index in [1.807, 2.05) is 6.92 Å². The van der Waals surface area contributed by atoms with Crippen LogP contribution in [0.2, 0.25) is 0 Å². The van der Waals surface area contributed by atoms with E-state index in [0.717, 1.165) is 30.7 Å².